The summed E-state index contributed by atoms with van der Waals surface area (Å²) in [6, 6.07) is 26.7. The van der Waals surface area contributed by atoms with Crippen molar-refractivity contribution in [3.05, 3.63) is 112 Å². The molecule has 4 nitrogen and oxygen atoms in total. The Labute approximate surface area is 201 Å². The van der Waals surface area contributed by atoms with Crippen LogP contribution in [0.15, 0.2) is 90.0 Å². The van der Waals surface area contributed by atoms with Gasteiger partial charge in [-0.15, -0.1) is 0 Å². The second-order valence-corrected chi connectivity index (χ2v) is 9.31. The molecule has 0 radical (unpaired) electrons. The molecule has 33 heavy (non-hydrogen) atoms. The van der Waals surface area contributed by atoms with Crippen LogP contribution in [0.1, 0.15) is 28.5 Å². The van der Waals surface area contributed by atoms with E-state index in [0.717, 1.165) is 33.5 Å². The van der Waals surface area contributed by atoms with Crippen molar-refractivity contribution < 1.29 is 4.39 Å². The molecule has 0 aliphatic carbocycles. The first-order valence-electron chi connectivity index (χ1n) is 10.7. The summed E-state index contributed by atoms with van der Waals surface area (Å²) in [6.45, 7) is 0.745. The number of halogens is 2. The molecule has 0 bridgehead atoms. The summed E-state index contributed by atoms with van der Waals surface area (Å²) in [6.07, 6.45) is 0.657. The molecule has 0 N–H and O–H groups in total. The molecule has 1 atom stereocenters. The minimum atomic E-state index is -0.259. The molecule has 1 unspecified atom stereocenters. The smallest absolute Gasteiger partial charge is 0.187 e. The molecule has 7 heteroatoms. The molecule has 3 aromatic carbocycles. The van der Waals surface area contributed by atoms with Crippen molar-refractivity contribution in [2.24, 2.45) is 5.10 Å². The van der Waals surface area contributed by atoms with E-state index in [0.29, 0.717) is 11.6 Å². The van der Waals surface area contributed by atoms with Gasteiger partial charge >= 0.3 is 0 Å². The lowest BCUT2D eigenvalue weighted by Crippen LogP contribution is -2.18. The Morgan fingerprint density at radius 3 is 2.36 bits per heavy atom. The summed E-state index contributed by atoms with van der Waals surface area (Å²) in [5.74, 6) is -0.259. The van der Waals surface area contributed by atoms with Gasteiger partial charge in [-0.1, -0.05) is 83.6 Å². The minimum absolute atomic E-state index is 0.0867. The van der Waals surface area contributed by atoms with Crippen LogP contribution in [-0.2, 0) is 6.54 Å². The molecule has 0 saturated heterocycles. The largest absolute Gasteiger partial charge is 0.347 e. The molecule has 1 aromatic heterocycles. The van der Waals surface area contributed by atoms with Crippen molar-refractivity contribution in [1.29, 1.82) is 0 Å². The molecule has 0 amide bonds. The second kappa shape index (κ2) is 9.33. The molecule has 1 aliphatic rings. The first-order valence-corrected chi connectivity index (χ1v) is 11.9. The van der Waals surface area contributed by atoms with Crippen LogP contribution in [0.5, 0.6) is 0 Å². The van der Waals surface area contributed by atoms with Gasteiger partial charge in [-0.05, 0) is 35.4 Å². The van der Waals surface area contributed by atoms with Gasteiger partial charge in [-0.2, -0.15) is 5.10 Å². The van der Waals surface area contributed by atoms with E-state index in [1.54, 1.807) is 23.5 Å². The number of thiazole rings is 1. The van der Waals surface area contributed by atoms with Crippen LogP contribution in [0, 0.1) is 5.82 Å². The van der Waals surface area contributed by atoms with E-state index in [2.05, 4.69) is 22.0 Å². The maximum atomic E-state index is 13.5. The number of hydrogen-bond acceptors (Lipinski definition) is 5. The molecule has 5 rings (SSSR count). The Morgan fingerprint density at radius 2 is 1.67 bits per heavy atom. The lowest BCUT2D eigenvalue weighted by Gasteiger charge is -2.22. The number of para-hydroxylation sites is 1. The van der Waals surface area contributed by atoms with Gasteiger partial charge in [0.2, 0.25) is 0 Å². The van der Waals surface area contributed by atoms with Crippen LogP contribution < -0.4 is 9.91 Å². The van der Waals surface area contributed by atoms with Crippen molar-refractivity contribution in [3.8, 4) is 0 Å². The normalized spacial score (nSPS) is 15.5. The fraction of sp³-hybridized carbons (Fsp3) is 0.154. The van der Waals surface area contributed by atoms with Gasteiger partial charge in [0.1, 0.15) is 11.0 Å². The number of benzene rings is 3. The van der Waals surface area contributed by atoms with Gasteiger partial charge in [-0.25, -0.2) is 9.37 Å². The van der Waals surface area contributed by atoms with Crippen molar-refractivity contribution in [1.82, 2.24) is 4.98 Å². The van der Waals surface area contributed by atoms with Gasteiger partial charge in [-0.3, -0.25) is 5.01 Å². The van der Waals surface area contributed by atoms with E-state index < -0.39 is 0 Å². The highest BCUT2D eigenvalue weighted by atomic mass is 35.5. The number of anilines is 2. The highest BCUT2D eigenvalue weighted by Crippen LogP contribution is 2.43. The van der Waals surface area contributed by atoms with Crippen molar-refractivity contribution in [3.63, 3.8) is 0 Å². The Morgan fingerprint density at radius 1 is 1.00 bits per heavy atom. The third-order valence-electron chi connectivity index (χ3n) is 5.60. The Hall–Kier alpha value is -3.22. The lowest BCUT2D eigenvalue weighted by molar-refractivity contribution is 0.627. The van der Waals surface area contributed by atoms with Gasteiger partial charge in [0, 0.05) is 20.0 Å². The molecule has 1 aliphatic heterocycles. The molecule has 0 saturated carbocycles. The standard InChI is InChI=1S/C26H22ClFN4S/c1-31(17-18-8-4-2-5-9-18)26-29-25(27)24(33-26)23-16-22(19-12-14-20(28)15-13-19)30-32(23)21-10-6-3-7-11-21/h2-15,23H,16-17H2,1H3. The topological polar surface area (TPSA) is 31.7 Å². The van der Waals surface area contributed by atoms with E-state index >= 15 is 0 Å². The lowest BCUT2D eigenvalue weighted by atomic mass is 10.0. The minimum Gasteiger partial charge on any atom is -0.347 e. The van der Waals surface area contributed by atoms with Crippen LogP contribution in [-0.4, -0.2) is 17.7 Å². The van der Waals surface area contributed by atoms with E-state index in [4.69, 9.17) is 16.7 Å². The van der Waals surface area contributed by atoms with Crippen LogP contribution in [0.2, 0.25) is 5.15 Å². The van der Waals surface area contributed by atoms with Crippen molar-refractivity contribution in [2.45, 2.75) is 19.0 Å². The average molecular weight is 477 g/mol. The molecule has 2 heterocycles. The van der Waals surface area contributed by atoms with Gasteiger partial charge in [0.15, 0.2) is 5.13 Å². The quantitative estimate of drug-likeness (QED) is 0.302. The van der Waals surface area contributed by atoms with Gasteiger partial charge in [0.05, 0.1) is 22.3 Å². The second-order valence-electron chi connectivity index (χ2n) is 7.95. The monoisotopic (exact) mass is 476 g/mol. The van der Waals surface area contributed by atoms with Crippen LogP contribution in [0.3, 0.4) is 0 Å². The van der Waals surface area contributed by atoms with Crippen LogP contribution in [0.25, 0.3) is 0 Å². The number of hydrogen-bond donors (Lipinski definition) is 0. The number of hydrazone groups is 1. The first-order chi connectivity index (χ1) is 16.1. The summed E-state index contributed by atoms with van der Waals surface area (Å²) in [5.41, 5.74) is 3.99. The third kappa shape index (κ3) is 4.63. The number of aromatic nitrogens is 1. The Bertz CT molecular complexity index is 1260. The maximum Gasteiger partial charge on any atom is 0.187 e. The zero-order valence-electron chi connectivity index (χ0n) is 18.0. The van der Waals surface area contributed by atoms with Gasteiger partial charge < -0.3 is 4.90 Å². The zero-order chi connectivity index (χ0) is 22.8. The molecule has 0 fully saturated rings. The fourth-order valence-corrected chi connectivity index (χ4v) is 5.32. The van der Waals surface area contributed by atoms with Crippen molar-refractivity contribution in [2.75, 3.05) is 17.0 Å². The maximum absolute atomic E-state index is 13.5. The Balaban J connectivity index is 1.46. The highest BCUT2D eigenvalue weighted by molar-refractivity contribution is 7.16. The number of nitrogens with zero attached hydrogens (tertiary/aromatic N) is 4. The summed E-state index contributed by atoms with van der Waals surface area (Å²) < 4.78 is 13.5. The molecular weight excluding hydrogens is 455 g/mol. The van der Waals surface area contributed by atoms with Crippen molar-refractivity contribution >= 4 is 39.5 Å². The average Bonchev–Trinajstić information content (AvgIpc) is 3.45. The van der Waals surface area contributed by atoms with E-state index in [1.165, 1.54) is 17.7 Å². The molecule has 4 aromatic rings. The number of rotatable bonds is 6. The fourth-order valence-electron chi connectivity index (χ4n) is 3.95. The Kier molecular flexibility index (Phi) is 6.11. The zero-order valence-corrected chi connectivity index (χ0v) is 19.6. The van der Waals surface area contributed by atoms with E-state index in [9.17, 15) is 4.39 Å². The predicted octanol–water partition coefficient (Wildman–Crippen LogP) is 6.93. The summed E-state index contributed by atoms with van der Waals surface area (Å²) in [5, 5.41) is 8.27. The summed E-state index contributed by atoms with van der Waals surface area (Å²) >= 11 is 8.27. The molecular formula is C26H22ClFN4S. The van der Waals surface area contributed by atoms with Crippen LogP contribution >= 0.6 is 22.9 Å². The molecule has 0 spiro atoms. The summed E-state index contributed by atoms with van der Waals surface area (Å²) in [7, 11) is 2.02. The van der Waals surface area contributed by atoms with E-state index in [1.807, 2.05) is 60.6 Å². The summed E-state index contributed by atoms with van der Waals surface area (Å²) in [4.78, 5) is 7.75. The van der Waals surface area contributed by atoms with E-state index in [-0.39, 0.29) is 11.9 Å². The third-order valence-corrected chi connectivity index (χ3v) is 7.27. The van der Waals surface area contributed by atoms with Crippen LogP contribution in [0.4, 0.5) is 15.2 Å². The highest BCUT2D eigenvalue weighted by Gasteiger charge is 2.33. The predicted molar refractivity (Wildman–Crippen MR) is 135 cm³/mol. The first kappa shape index (κ1) is 21.6. The molecule has 166 valence electrons. The SMILES string of the molecule is CN(Cc1ccccc1)c1nc(Cl)c(C2CC(c3ccc(F)cc3)=NN2c2ccccc2)s1. The van der Waals surface area contributed by atoms with Gasteiger partial charge in [0.25, 0.3) is 0 Å².